The van der Waals surface area contributed by atoms with Crippen LogP contribution in [0.25, 0.3) is 10.9 Å². The Hall–Kier alpha value is -3.05. The van der Waals surface area contributed by atoms with Crippen LogP contribution in [0, 0.1) is 0 Å². The lowest BCUT2D eigenvalue weighted by Crippen LogP contribution is -2.40. The first-order valence-electron chi connectivity index (χ1n) is 9.95. The lowest BCUT2D eigenvalue weighted by molar-refractivity contribution is 0.0692. The summed E-state index contributed by atoms with van der Waals surface area (Å²) in [7, 11) is 1.66. The van der Waals surface area contributed by atoms with Crippen molar-refractivity contribution in [1.82, 2.24) is 9.88 Å². The number of nitrogens with one attached hydrogen (secondary N) is 1. The number of carbonyl (C=O) groups excluding carboxylic acids is 1. The highest BCUT2D eigenvalue weighted by molar-refractivity contribution is 9.10. The minimum Gasteiger partial charge on any atom is -0.497 e. The van der Waals surface area contributed by atoms with Crippen LogP contribution < -0.4 is 4.74 Å². The maximum atomic E-state index is 13.5. The van der Waals surface area contributed by atoms with Gasteiger partial charge in [-0.2, -0.15) is 0 Å². The molecule has 1 N–H and O–H groups in total. The van der Waals surface area contributed by atoms with Gasteiger partial charge in [0.1, 0.15) is 5.75 Å². The third-order valence-electron chi connectivity index (χ3n) is 5.82. The molecule has 0 aliphatic carbocycles. The molecule has 150 valence electrons. The smallest absolute Gasteiger partial charge is 0.254 e. The predicted octanol–water partition coefficient (Wildman–Crippen LogP) is 5.73. The van der Waals surface area contributed by atoms with Crippen LogP contribution in [0.15, 0.2) is 77.3 Å². The highest BCUT2D eigenvalue weighted by Gasteiger charge is 2.34. The van der Waals surface area contributed by atoms with Crippen molar-refractivity contribution in [3.63, 3.8) is 0 Å². The van der Waals surface area contributed by atoms with Crippen LogP contribution in [-0.4, -0.2) is 29.4 Å². The zero-order chi connectivity index (χ0) is 20.7. The molecule has 1 aliphatic rings. The lowest BCUT2D eigenvalue weighted by atomic mass is 9.91. The van der Waals surface area contributed by atoms with E-state index in [0.717, 1.165) is 33.4 Å². The van der Waals surface area contributed by atoms with Gasteiger partial charge in [-0.3, -0.25) is 4.79 Å². The molecular formula is C25H21BrN2O2. The first kappa shape index (κ1) is 18.9. The van der Waals surface area contributed by atoms with Gasteiger partial charge in [0.2, 0.25) is 0 Å². The van der Waals surface area contributed by atoms with E-state index in [1.165, 1.54) is 10.9 Å². The highest BCUT2D eigenvalue weighted by Crippen LogP contribution is 2.39. The number of aromatic nitrogens is 1. The first-order chi connectivity index (χ1) is 14.7. The summed E-state index contributed by atoms with van der Waals surface area (Å²) in [5.74, 6) is 0.838. The molecule has 5 rings (SSSR count). The summed E-state index contributed by atoms with van der Waals surface area (Å²) in [6, 6.07) is 23.7. The molecule has 0 radical (unpaired) electrons. The molecule has 4 aromatic rings. The summed E-state index contributed by atoms with van der Waals surface area (Å²) >= 11 is 3.45. The normalized spacial score (nSPS) is 15.8. The van der Waals surface area contributed by atoms with Crippen molar-refractivity contribution in [2.24, 2.45) is 0 Å². The Balaban J connectivity index is 1.64. The van der Waals surface area contributed by atoms with Crippen LogP contribution in [0.5, 0.6) is 5.75 Å². The number of H-pyrrole nitrogens is 1. The summed E-state index contributed by atoms with van der Waals surface area (Å²) in [5, 5.41) is 1.24. The maximum absolute atomic E-state index is 13.5. The molecule has 30 heavy (non-hydrogen) atoms. The number of methoxy groups -OCH3 is 1. The van der Waals surface area contributed by atoms with Gasteiger partial charge in [0.15, 0.2) is 0 Å². The van der Waals surface area contributed by atoms with Gasteiger partial charge in [0.25, 0.3) is 5.91 Å². The summed E-state index contributed by atoms with van der Waals surface area (Å²) in [5.41, 5.74) is 5.26. The fourth-order valence-corrected chi connectivity index (χ4v) is 4.62. The number of fused-ring (bicyclic) bond motifs is 3. The van der Waals surface area contributed by atoms with Gasteiger partial charge >= 0.3 is 0 Å². The lowest BCUT2D eigenvalue weighted by Gasteiger charge is -2.36. The largest absolute Gasteiger partial charge is 0.497 e. The number of para-hydroxylation sites is 1. The maximum Gasteiger partial charge on any atom is 0.254 e. The second-order valence-corrected chi connectivity index (χ2v) is 8.41. The van der Waals surface area contributed by atoms with Crippen molar-refractivity contribution in [2.45, 2.75) is 12.5 Å². The molecule has 0 saturated heterocycles. The molecule has 0 spiro atoms. The Kier molecular flexibility index (Phi) is 4.83. The predicted molar refractivity (Wildman–Crippen MR) is 122 cm³/mol. The Bertz CT molecular complexity index is 1210. The van der Waals surface area contributed by atoms with Gasteiger partial charge in [-0.15, -0.1) is 0 Å². The van der Waals surface area contributed by atoms with E-state index in [9.17, 15) is 4.79 Å². The number of benzene rings is 3. The second kappa shape index (κ2) is 7.65. The van der Waals surface area contributed by atoms with E-state index >= 15 is 0 Å². The van der Waals surface area contributed by atoms with E-state index in [-0.39, 0.29) is 11.9 Å². The number of amides is 1. The zero-order valence-electron chi connectivity index (χ0n) is 16.6. The van der Waals surface area contributed by atoms with Gasteiger partial charge in [0.05, 0.1) is 13.2 Å². The Morgan fingerprint density at radius 1 is 1.03 bits per heavy atom. The summed E-state index contributed by atoms with van der Waals surface area (Å²) in [4.78, 5) is 19.1. The fourth-order valence-electron chi connectivity index (χ4n) is 4.35. The standard InChI is InChI=1S/C25H21BrN2O2/c1-30-19-12-8-16(9-13-19)24-23-21(20-4-2-3-5-22(20)27-23)14-15-28(24)25(29)17-6-10-18(26)11-7-17/h2-13,24,27H,14-15H2,1H3. The fraction of sp³-hybridized carbons (Fsp3) is 0.160. The number of hydrogen-bond acceptors (Lipinski definition) is 2. The third kappa shape index (κ3) is 3.19. The van der Waals surface area contributed by atoms with Crippen molar-refractivity contribution >= 4 is 32.7 Å². The minimum atomic E-state index is -0.178. The van der Waals surface area contributed by atoms with E-state index in [0.29, 0.717) is 12.1 Å². The van der Waals surface area contributed by atoms with Crippen molar-refractivity contribution in [1.29, 1.82) is 0 Å². The van der Waals surface area contributed by atoms with Gasteiger partial charge in [-0.1, -0.05) is 46.3 Å². The second-order valence-electron chi connectivity index (χ2n) is 7.49. The van der Waals surface area contributed by atoms with E-state index in [4.69, 9.17) is 4.74 Å². The van der Waals surface area contributed by atoms with Gasteiger partial charge in [0, 0.05) is 33.2 Å². The first-order valence-corrected chi connectivity index (χ1v) is 10.7. The Morgan fingerprint density at radius 3 is 2.50 bits per heavy atom. The number of carbonyl (C=O) groups is 1. The molecule has 1 aromatic heterocycles. The Morgan fingerprint density at radius 2 is 1.77 bits per heavy atom. The van der Waals surface area contributed by atoms with Crippen LogP contribution in [0.2, 0.25) is 0 Å². The topological polar surface area (TPSA) is 45.3 Å². The van der Waals surface area contributed by atoms with E-state index in [2.05, 4.69) is 39.1 Å². The van der Waals surface area contributed by atoms with E-state index in [1.807, 2.05) is 59.5 Å². The molecule has 4 nitrogen and oxygen atoms in total. The van der Waals surface area contributed by atoms with Crippen molar-refractivity contribution in [3.05, 3.63) is 99.7 Å². The number of nitrogens with zero attached hydrogens (tertiary/aromatic N) is 1. The Labute approximate surface area is 183 Å². The summed E-state index contributed by atoms with van der Waals surface area (Å²) < 4.78 is 6.30. The molecule has 1 aliphatic heterocycles. The molecule has 2 heterocycles. The van der Waals surface area contributed by atoms with Gasteiger partial charge in [-0.05, 0) is 60.0 Å². The quantitative estimate of drug-likeness (QED) is 0.424. The SMILES string of the molecule is COc1ccc(C2c3[nH]c4ccccc4c3CCN2C(=O)c2ccc(Br)cc2)cc1. The molecule has 1 unspecified atom stereocenters. The van der Waals surface area contributed by atoms with Crippen LogP contribution in [0.1, 0.15) is 33.2 Å². The molecule has 5 heteroatoms. The van der Waals surface area contributed by atoms with Crippen LogP contribution in [0.4, 0.5) is 0 Å². The molecule has 0 fully saturated rings. The number of ether oxygens (including phenoxy) is 1. The number of aromatic amines is 1. The molecule has 0 bridgehead atoms. The third-order valence-corrected chi connectivity index (χ3v) is 6.35. The number of rotatable bonds is 3. The molecule has 1 atom stereocenters. The van der Waals surface area contributed by atoms with Crippen molar-refractivity contribution in [3.8, 4) is 5.75 Å². The van der Waals surface area contributed by atoms with Crippen LogP contribution in [0.3, 0.4) is 0 Å². The average Bonchev–Trinajstić information content (AvgIpc) is 3.17. The molecular weight excluding hydrogens is 440 g/mol. The summed E-state index contributed by atoms with van der Waals surface area (Å²) in [6.45, 7) is 0.667. The van der Waals surface area contributed by atoms with Crippen molar-refractivity contribution < 1.29 is 9.53 Å². The zero-order valence-corrected chi connectivity index (χ0v) is 18.1. The van der Waals surface area contributed by atoms with Gasteiger partial charge in [-0.25, -0.2) is 0 Å². The highest BCUT2D eigenvalue weighted by atomic mass is 79.9. The average molecular weight is 461 g/mol. The number of halogens is 1. The van der Waals surface area contributed by atoms with E-state index < -0.39 is 0 Å². The summed E-state index contributed by atoms with van der Waals surface area (Å²) in [6.07, 6.45) is 0.828. The van der Waals surface area contributed by atoms with Crippen LogP contribution >= 0.6 is 15.9 Å². The van der Waals surface area contributed by atoms with Crippen molar-refractivity contribution in [2.75, 3.05) is 13.7 Å². The minimum absolute atomic E-state index is 0.0348. The number of hydrogen-bond donors (Lipinski definition) is 1. The van der Waals surface area contributed by atoms with Crippen LogP contribution in [-0.2, 0) is 6.42 Å². The molecule has 0 saturated carbocycles. The molecule has 3 aromatic carbocycles. The van der Waals surface area contributed by atoms with E-state index in [1.54, 1.807) is 7.11 Å². The molecule has 1 amide bonds. The monoisotopic (exact) mass is 460 g/mol. The van der Waals surface area contributed by atoms with Gasteiger partial charge < -0.3 is 14.6 Å².